The number of rotatable bonds is 9. The van der Waals surface area contributed by atoms with E-state index in [9.17, 15) is 14.4 Å². The Morgan fingerprint density at radius 3 is 2.32 bits per heavy atom. The summed E-state index contributed by atoms with van der Waals surface area (Å²) in [6.45, 7) is 1.93. The highest BCUT2D eigenvalue weighted by Gasteiger charge is 2.28. The smallest absolute Gasteiger partial charge is 0.341 e. The van der Waals surface area contributed by atoms with Gasteiger partial charge < -0.3 is 19.8 Å². The van der Waals surface area contributed by atoms with Crippen LogP contribution < -0.4 is 10.6 Å². The molecular weight excluding hydrogens is 452 g/mol. The van der Waals surface area contributed by atoms with E-state index >= 15 is 0 Å². The van der Waals surface area contributed by atoms with Crippen LogP contribution in [0.4, 0.5) is 5.00 Å². The van der Waals surface area contributed by atoms with Gasteiger partial charge in [0, 0.05) is 16.5 Å². The second kappa shape index (κ2) is 10.6. The average molecular weight is 475 g/mol. The van der Waals surface area contributed by atoms with Crippen molar-refractivity contribution in [1.82, 2.24) is 5.32 Å². The number of carbonyl (C=O) groups excluding carboxylic acids is 3. The van der Waals surface area contributed by atoms with Crippen molar-refractivity contribution in [1.29, 1.82) is 0 Å². The van der Waals surface area contributed by atoms with E-state index in [2.05, 4.69) is 10.6 Å². The average Bonchev–Trinajstić information content (AvgIpc) is 3.55. The molecule has 1 atom stereocenters. The summed E-state index contributed by atoms with van der Waals surface area (Å²) in [6, 6.07) is 21.1. The standard InChI is InChI=1S/C26H22N2O5S/c1-2-32-26(31)21-19(17-10-5-3-6-11-17)16-34-25(21)28-23(22(29)18-12-7-4-8-13-18)27-24(30)20-14-9-15-33-20/h3-16,23,28H,2H2,1H3,(H,27,30). The number of amides is 1. The minimum absolute atomic E-state index is 0.0643. The van der Waals surface area contributed by atoms with Crippen molar-refractivity contribution >= 4 is 34.0 Å². The lowest BCUT2D eigenvalue weighted by atomic mass is 10.0. The van der Waals surface area contributed by atoms with E-state index in [-0.39, 0.29) is 18.2 Å². The van der Waals surface area contributed by atoms with Crippen molar-refractivity contribution in [2.75, 3.05) is 11.9 Å². The molecular formula is C26H22N2O5S. The molecule has 8 heteroatoms. The number of hydrogen-bond donors (Lipinski definition) is 2. The summed E-state index contributed by atoms with van der Waals surface area (Å²) in [7, 11) is 0. The SMILES string of the molecule is CCOC(=O)c1c(-c2ccccc2)csc1NC(NC(=O)c1ccco1)C(=O)c1ccccc1. The van der Waals surface area contributed by atoms with Crippen LogP contribution in [0.2, 0.25) is 0 Å². The number of thiophene rings is 1. The highest BCUT2D eigenvalue weighted by atomic mass is 32.1. The molecule has 0 spiro atoms. The van der Waals surface area contributed by atoms with E-state index in [1.54, 1.807) is 43.3 Å². The van der Waals surface area contributed by atoms with Gasteiger partial charge in [0.15, 0.2) is 11.9 Å². The molecule has 0 radical (unpaired) electrons. The lowest BCUT2D eigenvalue weighted by Crippen LogP contribution is -2.46. The van der Waals surface area contributed by atoms with Crippen LogP contribution in [-0.4, -0.2) is 30.4 Å². The molecule has 2 aromatic carbocycles. The quantitative estimate of drug-likeness (QED) is 0.196. The van der Waals surface area contributed by atoms with Crippen LogP contribution in [0.25, 0.3) is 11.1 Å². The molecule has 2 heterocycles. The van der Waals surface area contributed by atoms with Crippen molar-refractivity contribution < 1.29 is 23.5 Å². The van der Waals surface area contributed by atoms with E-state index < -0.39 is 18.0 Å². The molecule has 0 aliphatic rings. The van der Waals surface area contributed by atoms with Crippen molar-refractivity contribution in [3.8, 4) is 11.1 Å². The zero-order valence-corrected chi connectivity index (χ0v) is 19.1. The number of carbonyl (C=O) groups is 3. The largest absolute Gasteiger partial charge is 0.462 e. The molecule has 0 saturated heterocycles. The summed E-state index contributed by atoms with van der Waals surface area (Å²) >= 11 is 1.25. The van der Waals surface area contributed by atoms with Crippen LogP contribution in [0.5, 0.6) is 0 Å². The van der Waals surface area contributed by atoms with Gasteiger partial charge in [0.2, 0.25) is 5.78 Å². The van der Waals surface area contributed by atoms with E-state index in [0.29, 0.717) is 21.7 Å². The molecule has 2 aromatic heterocycles. The Labute approximate surface area is 200 Å². The zero-order chi connectivity index (χ0) is 23.9. The van der Waals surface area contributed by atoms with Gasteiger partial charge in [-0.1, -0.05) is 60.7 Å². The molecule has 4 rings (SSSR count). The summed E-state index contributed by atoms with van der Waals surface area (Å²) in [4.78, 5) is 38.9. The number of anilines is 1. The van der Waals surface area contributed by atoms with Gasteiger partial charge in [0.25, 0.3) is 5.91 Å². The fraction of sp³-hybridized carbons (Fsp3) is 0.115. The Morgan fingerprint density at radius 2 is 1.68 bits per heavy atom. The van der Waals surface area contributed by atoms with Crippen molar-refractivity contribution in [2.24, 2.45) is 0 Å². The van der Waals surface area contributed by atoms with Gasteiger partial charge in [-0.2, -0.15) is 0 Å². The highest BCUT2D eigenvalue weighted by Crippen LogP contribution is 2.36. The molecule has 0 saturated carbocycles. The normalized spacial score (nSPS) is 11.4. The molecule has 0 aliphatic carbocycles. The number of ether oxygens (including phenoxy) is 1. The molecule has 1 unspecified atom stereocenters. The van der Waals surface area contributed by atoms with Gasteiger partial charge >= 0.3 is 5.97 Å². The Kier molecular flexibility index (Phi) is 7.19. The Hall–Kier alpha value is -4.17. The number of furan rings is 1. The van der Waals surface area contributed by atoms with Crippen molar-refractivity contribution in [3.05, 3.63) is 101 Å². The van der Waals surface area contributed by atoms with Crippen LogP contribution in [0, 0.1) is 0 Å². The summed E-state index contributed by atoms with van der Waals surface area (Å²) in [5, 5.41) is 7.97. The predicted octanol–water partition coefficient (Wildman–Crippen LogP) is 5.24. The first-order valence-corrected chi connectivity index (χ1v) is 11.5. The fourth-order valence-electron chi connectivity index (χ4n) is 3.38. The maximum Gasteiger partial charge on any atom is 0.341 e. The second-order valence-corrected chi connectivity index (χ2v) is 8.08. The van der Waals surface area contributed by atoms with Crippen molar-refractivity contribution in [2.45, 2.75) is 13.1 Å². The van der Waals surface area contributed by atoms with E-state index in [1.165, 1.54) is 23.7 Å². The Morgan fingerprint density at radius 1 is 0.971 bits per heavy atom. The summed E-state index contributed by atoms with van der Waals surface area (Å²) in [5.74, 6) is -1.39. The van der Waals surface area contributed by atoms with Crippen LogP contribution >= 0.6 is 11.3 Å². The number of benzene rings is 2. The third-order valence-electron chi connectivity index (χ3n) is 4.97. The molecule has 0 bridgehead atoms. The van der Waals surface area contributed by atoms with Gasteiger partial charge in [0.1, 0.15) is 10.6 Å². The summed E-state index contributed by atoms with van der Waals surface area (Å²) in [5.41, 5.74) is 2.21. The molecule has 34 heavy (non-hydrogen) atoms. The van der Waals surface area contributed by atoms with Crippen LogP contribution in [0.3, 0.4) is 0 Å². The maximum absolute atomic E-state index is 13.3. The van der Waals surface area contributed by atoms with Gasteiger partial charge in [-0.05, 0) is 24.6 Å². The maximum atomic E-state index is 13.3. The summed E-state index contributed by atoms with van der Waals surface area (Å²) < 4.78 is 10.5. The predicted molar refractivity (Wildman–Crippen MR) is 130 cm³/mol. The number of hydrogen-bond acceptors (Lipinski definition) is 7. The van der Waals surface area contributed by atoms with E-state index in [4.69, 9.17) is 9.15 Å². The lowest BCUT2D eigenvalue weighted by molar-refractivity contribution is 0.0528. The fourth-order valence-corrected chi connectivity index (χ4v) is 4.36. The molecule has 1 amide bonds. The van der Waals surface area contributed by atoms with E-state index in [1.807, 2.05) is 35.7 Å². The minimum atomic E-state index is -1.16. The minimum Gasteiger partial charge on any atom is -0.462 e. The molecule has 0 aliphatic heterocycles. The van der Waals surface area contributed by atoms with Crippen molar-refractivity contribution in [3.63, 3.8) is 0 Å². The summed E-state index contributed by atoms with van der Waals surface area (Å²) in [6.07, 6.45) is 0.219. The zero-order valence-electron chi connectivity index (χ0n) is 18.3. The third kappa shape index (κ3) is 5.07. The van der Waals surface area contributed by atoms with E-state index in [0.717, 1.165) is 5.56 Å². The van der Waals surface area contributed by atoms with Crippen LogP contribution in [0.1, 0.15) is 38.2 Å². The Bertz CT molecular complexity index is 1270. The first kappa shape index (κ1) is 23.0. The van der Waals surface area contributed by atoms with Crippen LogP contribution in [-0.2, 0) is 4.74 Å². The molecule has 172 valence electrons. The van der Waals surface area contributed by atoms with Gasteiger partial charge in [-0.25, -0.2) is 4.79 Å². The molecule has 7 nitrogen and oxygen atoms in total. The lowest BCUT2D eigenvalue weighted by Gasteiger charge is -2.20. The number of esters is 1. The highest BCUT2D eigenvalue weighted by molar-refractivity contribution is 7.15. The van der Waals surface area contributed by atoms with Gasteiger partial charge in [-0.15, -0.1) is 11.3 Å². The monoisotopic (exact) mass is 474 g/mol. The van der Waals surface area contributed by atoms with Gasteiger partial charge in [0.05, 0.1) is 12.9 Å². The topological polar surface area (TPSA) is 97.6 Å². The molecule has 2 N–H and O–H groups in total. The van der Waals surface area contributed by atoms with Crippen LogP contribution in [0.15, 0.2) is 88.9 Å². The molecule has 0 fully saturated rings. The molecule has 4 aromatic rings. The number of Topliss-reactive ketones (excluding diaryl/α,β-unsaturated/α-hetero) is 1. The second-order valence-electron chi connectivity index (χ2n) is 7.20. The third-order valence-corrected chi connectivity index (χ3v) is 5.88. The number of ketones is 1. The first-order chi connectivity index (χ1) is 16.6. The number of nitrogens with one attached hydrogen (secondary N) is 2. The Balaban J connectivity index is 1.71. The van der Waals surface area contributed by atoms with Gasteiger partial charge in [-0.3, -0.25) is 9.59 Å². The first-order valence-electron chi connectivity index (χ1n) is 10.6.